The fourth-order valence-corrected chi connectivity index (χ4v) is 20.1. The molecule has 14 aromatic carbocycles. The minimum atomic E-state index is 0.503. The summed E-state index contributed by atoms with van der Waals surface area (Å²) in [5.74, 6) is 4.06. The van der Waals surface area contributed by atoms with Gasteiger partial charge < -0.3 is 22.4 Å². The topological polar surface area (TPSA) is 248 Å². The molecule has 21 heteroatoms. The molecule has 0 aliphatic heterocycles. The Morgan fingerprint density at radius 2 is 0.440 bits per heavy atom. The zero-order chi connectivity index (χ0) is 99.3. The lowest BCUT2D eigenvalue weighted by Crippen LogP contribution is -2.06. The van der Waals surface area contributed by atoms with E-state index in [0.29, 0.717) is 41.1 Å². The van der Waals surface area contributed by atoms with Crippen LogP contribution in [0.3, 0.4) is 0 Å². The highest BCUT2D eigenvalue weighted by Crippen LogP contribution is 2.46. The Bertz CT molecular complexity index is 9710. The Morgan fingerprint density at radius 1 is 0.160 bits per heavy atom. The number of benzene rings is 14. The van der Waals surface area contributed by atoms with Crippen molar-refractivity contribution >= 4 is 98.7 Å². The summed E-state index contributed by atoms with van der Waals surface area (Å²) in [5.41, 5.74) is 34.6. The molecule has 29 aromatic rings. The van der Waals surface area contributed by atoms with Crippen LogP contribution in [0, 0.1) is 0 Å². The molecule has 0 aliphatic rings. The van der Waals surface area contributed by atoms with E-state index < -0.39 is 0 Å². The maximum atomic E-state index is 6.52. The lowest BCUT2D eigenvalue weighted by atomic mass is 9.98. The minimum absolute atomic E-state index is 0.503. The summed E-state index contributed by atoms with van der Waals surface area (Å²) in [7, 11) is 0. The molecule has 150 heavy (non-hydrogen) atoms. The van der Waals surface area contributed by atoms with Crippen molar-refractivity contribution in [2.75, 3.05) is 0 Å². The van der Waals surface area contributed by atoms with E-state index in [9.17, 15) is 0 Å². The highest BCUT2D eigenvalue weighted by atomic mass is 16.4. The van der Waals surface area contributed by atoms with Crippen LogP contribution in [0.1, 0.15) is 0 Å². The predicted molar refractivity (Wildman–Crippen MR) is 595 cm³/mol. The number of hydrogen-bond donors (Lipinski definition) is 0. The molecule has 0 aliphatic carbocycles. The van der Waals surface area contributed by atoms with E-state index in [1.54, 1.807) is 37.2 Å². The summed E-state index contributed by atoms with van der Waals surface area (Å²) in [6, 6.07) is 140. The van der Waals surface area contributed by atoms with Crippen molar-refractivity contribution in [2.45, 2.75) is 0 Å². The average molecular weight is 1930 g/mol. The molecular weight excluding hydrogens is 1850 g/mol. The third-order valence-electron chi connectivity index (χ3n) is 27.2. The first-order valence-corrected chi connectivity index (χ1v) is 49.1. The summed E-state index contributed by atoms with van der Waals surface area (Å²) >= 11 is 0. The summed E-state index contributed by atoms with van der Waals surface area (Å²) in [4.78, 5) is 70.2. The fraction of sp³-hybridized carbons (Fsp3) is 0. The molecule has 15 aromatic heterocycles. The van der Waals surface area contributed by atoms with E-state index in [-0.39, 0.29) is 0 Å². The van der Waals surface area contributed by atoms with Gasteiger partial charge in [-0.3, -0.25) is 34.5 Å². The normalized spacial score (nSPS) is 11.5. The fourth-order valence-electron chi connectivity index (χ4n) is 20.1. The maximum absolute atomic E-state index is 6.52. The molecule has 704 valence electrons. The van der Waals surface area contributed by atoms with E-state index >= 15 is 0 Å². The number of fused-ring (bicyclic) bond motifs is 15. The van der Waals surface area contributed by atoms with Crippen LogP contribution in [0.15, 0.2) is 500 Å². The summed E-state index contributed by atoms with van der Waals surface area (Å²) in [5, 5.41) is 6.26. The van der Waals surface area contributed by atoms with Crippen molar-refractivity contribution in [1.82, 2.24) is 88.5 Å². The first kappa shape index (κ1) is 88.0. The number of pyridine rings is 7. The second kappa shape index (κ2) is 38.0. The Balaban J connectivity index is 0.000000111. The molecule has 29 rings (SSSR count). The molecule has 0 bridgehead atoms. The molecule has 0 fully saturated rings. The van der Waals surface area contributed by atoms with Gasteiger partial charge in [0, 0.05) is 158 Å². The average Bonchev–Trinajstić information content (AvgIpc) is 1.57. The van der Waals surface area contributed by atoms with Gasteiger partial charge in [-0.25, -0.2) is 34.9 Å². The maximum Gasteiger partial charge on any atom is 0.238 e. The van der Waals surface area contributed by atoms with Gasteiger partial charge in [0.1, 0.15) is 16.6 Å². The summed E-state index contributed by atoms with van der Waals surface area (Å²) < 4.78 is 26.2. The van der Waals surface area contributed by atoms with Crippen molar-refractivity contribution in [1.29, 1.82) is 0 Å². The summed E-state index contributed by atoms with van der Waals surface area (Å²) in [6.45, 7) is 0. The van der Waals surface area contributed by atoms with Crippen LogP contribution in [0.25, 0.3) is 274 Å². The van der Waals surface area contributed by atoms with Crippen LogP contribution in [-0.4, -0.2) is 88.5 Å². The van der Waals surface area contributed by atoms with Crippen LogP contribution in [0.4, 0.5) is 0 Å². The zero-order valence-electron chi connectivity index (χ0n) is 80.0. The van der Waals surface area contributed by atoms with Gasteiger partial charge in [0.05, 0.1) is 72.0 Å². The number of nitrogens with zero attached hydrogens (tertiary/aromatic N) is 18. The number of aromatic nitrogens is 18. The van der Waals surface area contributed by atoms with Crippen molar-refractivity contribution in [3.05, 3.63) is 487 Å². The molecule has 0 amide bonds. The minimum Gasteiger partial charge on any atom is -0.435 e. The van der Waals surface area contributed by atoms with Crippen molar-refractivity contribution in [2.24, 2.45) is 0 Å². The van der Waals surface area contributed by atoms with Gasteiger partial charge in [-0.1, -0.05) is 206 Å². The second-order valence-corrected chi connectivity index (χ2v) is 36.3. The largest absolute Gasteiger partial charge is 0.435 e. The highest BCUT2D eigenvalue weighted by molar-refractivity contribution is 6.22. The lowest BCUT2D eigenvalue weighted by molar-refractivity contribution is 0.622. The number of para-hydroxylation sites is 3. The Morgan fingerprint density at radius 3 is 0.840 bits per heavy atom. The molecular formula is C129H80N18O3. The van der Waals surface area contributed by atoms with Gasteiger partial charge >= 0.3 is 0 Å². The third kappa shape index (κ3) is 16.6. The monoisotopic (exact) mass is 1930 g/mol. The molecule has 0 radical (unpaired) electrons. The van der Waals surface area contributed by atoms with Crippen LogP contribution in [0.2, 0.25) is 0 Å². The van der Waals surface area contributed by atoms with E-state index in [4.69, 9.17) is 58.1 Å². The van der Waals surface area contributed by atoms with Gasteiger partial charge in [-0.15, -0.1) is 0 Å². The second-order valence-electron chi connectivity index (χ2n) is 36.3. The molecule has 0 N–H and O–H groups in total. The van der Waals surface area contributed by atoms with Gasteiger partial charge in [0.2, 0.25) is 23.6 Å². The Kier molecular flexibility index (Phi) is 22.3. The highest BCUT2D eigenvalue weighted by Gasteiger charge is 2.27. The van der Waals surface area contributed by atoms with Crippen molar-refractivity contribution in [3.8, 4) is 175 Å². The smallest absolute Gasteiger partial charge is 0.238 e. The molecule has 0 saturated heterocycles. The van der Waals surface area contributed by atoms with E-state index in [0.717, 1.165) is 233 Å². The van der Waals surface area contributed by atoms with Crippen LogP contribution >= 0.6 is 0 Å². The van der Waals surface area contributed by atoms with Gasteiger partial charge in [0.25, 0.3) is 0 Å². The molecule has 15 heterocycles. The number of rotatable bonds is 17. The number of oxazole rings is 3. The van der Waals surface area contributed by atoms with Crippen molar-refractivity contribution < 1.29 is 13.3 Å². The van der Waals surface area contributed by atoms with Crippen LogP contribution in [0.5, 0.6) is 0 Å². The number of hydrogen-bond acceptors (Lipinski definition) is 18. The SMILES string of the molecule is c1ccc(-c2nc3ccc4c(c5ccccc5n4-c4cccc(-c5cc(-c6ccc(-c7ccncc7)cc6)cc(-c6ccncc6)n5)c4)c3o2)cc1.c1ccc(-c2nc3ccc4c(c5ccccc5n4-c4cccc(-c5nc(-c6ccncc6)cc(-c6ccc(-c7ccncc7)cc6)n5)c4)c3o2)cc1.c1ccc(-c2nc3ccc4c(c5ccccc5n4-c4nc(-c5ccncc5)nc(-c5ccc(-c6ccncc6)cc5)n4)c3o2)cc1. The van der Waals surface area contributed by atoms with E-state index in [2.05, 4.69) is 250 Å². The third-order valence-corrected chi connectivity index (χ3v) is 27.2. The van der Waals surface area contributed by atoms with Crippen LogP contribution < -0.4 is 0 Å². The van der Waals surface area contributed by atoms with E-state index in [1.807, 2.05) is 243 Å². The molecule has 0 saturated carbocycles. The summed E-state index contributed by atoms with van der Waals surface area (Å²) in [6.07, 6.45) is 21.5. The first-order chi connectivity index (χ1) is 74.3. The van der Waals surface area contributed by atoms with Crippen LogP contribution in [-0.2, 0) is 0 Å². The first-order valence-electron chi connectivity index (χ1n) is 49.1. The standard InChI is InChI=1S/C46H29N5O.C45H28N6O.C38H23N7O/c1-2-7-34(8-3-1)46-50-39-17-18-43-44(45(39)52-46)38-11-4-5-12-42(38)51(43)37-10-6-9-35(27-37)41-29-36(28-40(49-41)33-21-25-48-26-22-33)31-15-13-30(14-16-31)32-19-23-47-24-20-32;1-2-7-33(8-3-1)45-50-37-17-18-41-42(43(37)52-45)36-11-4-5-12-40(36)51(41)35-10-6-9-34(27-35)44-48-38(28-39(49-44)32-21-25-47-26-22-32)31-15-13-29(14-16-31)30-19-23-46-24-20-30;1-2-6-28(7-3-1)37-41-30-14-15-32-33(34(30)46-37)29-8-4-5-9-31(29)45(32)38-43-35(42-36(44-38)27-18-22-40-23-19-27)26-12-10-24(11-13-26)25-16-20-39-21-17-25/h1-29H;1-28H;1-23H. The Hall–Kier alpha value is -21.0. The van der Waals surface area contributed by atoms with Gasteiger partial charge in [-0.2, -0.15) is 9.97 Å². The lowest BCUT2D eigenvalue weighted by Gasteiger charge is -2.13. The molecule has 0 unspecified atom stereocenters. The predicted octanol–water partition coefficient (Wildman–Crippen LogP) is 30.9. The van der Waals surface area contributed by atoms with Crippen molar-refractivity contribution in [3.63, 3.8) is 0 Å². The van der Waals surface area contributed by atoms with Gasteiger partial charge in [0.15, 0.2) is 34.2 Å². The van der Waals surface area contributed by atoms with E-state index in [1.165, 1.54) is 0 Å². The molecule has 21 nitrogen and oxygen atoms in total. The molecule has 0 spiro atoms. The van der Waals surface area contributed by atoms with Gasteiger partial charge in [-0.05, 0) is 251 Å². The quantitative estimate of drug-likeness (QED) is 0.0822. The zero-order valence-corrected chi connectivity index (χ0v) is 80.0. The Labute approximate surface area is 857 Å². The molecule has 0 atom stereocenters.